The SMILES string of the molecule is Cc1cc(C(=O)NCC(C)N(C)C2CC2)cc(NN)n1. The lowest BCUT2D eigenvalue weighted by Crippen LogP contribution is -2.41. The van der Waals surface area contributed by atoms with Crippen molar-refractivity contribution in [2.75, 3.05) is 19.0 Å². The molecule has 1 amide bonds. The molecule has 1 atom stereocenters. The Morgan fingerprint density at radius 1 is 1.55 bits per heavy atom. The minimum atomic E-state index is -0.0944. The van der Waals surface area contributed by atoms with E-state index in [0.717, 1.165) is 5.69 Å². The maximum atomic E-state index is 12.2. The summed E-state index contributed by atoms with van der Waals surface area (Å²) in [6.45, 7) is 4.60. The maximum Gasteiger partial charge on any atom is 0.251 e. The minimum Gasteiger partial charge on any atom is -0.350 e. The average Bonchev–Trinajstić information content (AvgIpc) is 3.27. The molecule has 6 heteroatoms. The van der Waals surface area contributed by atoms with Crippen LogP contribution in [-0.4, -0.2) is 41.5 Å². The summed E-state index contributed by atoms with van der Waals surface area (Å²) in [5.41, 5.74) is 3.80. The van der Waals surface area contributed by atoms with Gasteiger partial charge < -0.3 is 10.7 Å². The number of nitrogens with zero attached hydrogens (tertiary/aromatic N) is 2. The van der Waals surface area contributed by atoms with Crippen LogP contribution in [-0.2, 0) is 0 Å². The summed E-state index contributed by atoms with van der Waals surface area (Å²) in [5, 5.41) is 2.96. The van der Waals surface area contributed by atoms with Gasteiger partial charge in [-0.3, -0.25) is 9.69 Å². The van der Waals surface area contributed by atoms with Gasteiger partial charge in [-0.15, -0.1) is 0 Å². The second-order valence-corrected chi connectivity index (χ2v) is 5.48. The largest absolute Gasteiger partial charge is 0.350 e. The van der Waals surface area contributed by atoms with Crippen LogP contribution in [0.15, 0.2) is 12.1 Å². The molecule has 4 N–H and O–H groups in total. The van der Waals surface area contributed by atoms with Crippen LogP contribution in [0.5, 0.6) is 0 Å². The standard InChI is InChI=1S/C14H23N5O/c1-9-6-11(7-13(17-9)18-15)14(20)16-8-10(2)19(3)12-4-5-12/h6-7,10,12H,4-5,8,15H2,1-3H3,(H,16,20)(H,17,18). The molecule has 1 fully saturated rings. The molecule has 0 radical (unpaired) electrons. The van der Waals surface area contributed by atoms with Gasteiger partial charge in [0.1, 0.15) is 5.82 Å². The molecule has 110 valence electrons. The second kappa shape index (κ2) is 6.19. The third kappa shape index (κ3) is 3.68. The van der Waals surface area contributed by atoms with Crippen LogP contribution in [0.3, 0.4) is 0 Å². The number of rotatable bonds is 6. The van der Waals surface area contributed by atoms with Gasteiger partial charge in [-0.25, -0.2) is 10.8 Å². The third-order valence-electron chi connectivity index (χ3n) is 3.74. The Hall–Kier alpha value is -1.66. The molecule has 1 unspecified atom stereocenters. The number of nitrogens with one attached hydrogen (secondary N) is 2. The molecule has 0 saturated heterocycles. The van der Waals surface area contributed by atoms with E-state index in [0.29, 0.717) is 30.0 Å². The molecule has 0 spiro atoms. The molecule has 1 heterocycles. The quantitative estimate of drug-likeness (QED) is 0.531. The number of hydrogen-bond donors (Lipinski definition) is 3. The van der Waals surface area contributed by atoms with Crippen LogP contribution in [0.2, 0.25) is 0 Å². The Balaban J connectivity index is 1.92. The van der Waals surface area contributed by atoms with Crippen molar-refractivity contribution in [3.05, 3.63) is 23.4 Å². The van der Waals surface area contributed by atoms with E-state index in [2.05, 4.69) is 34.6 Å². The first kappa shape index (κ1) is 14.7. The predicted octanol–water partition coefficient (Wildman–Crippen LogP) is 0.888. The highest BCUT2D eigenvalue weighted by molar-refractivity contribution is 5.95. The van der Waals surface area contributed by atoms with Crippen LogP contribution in [0, 0.1) is 6.92 Å². The van der Waals surface area contributed by atoms with E-state index in [-0.39, 0.29) is 5.91 Å². The van der Waals surface area contributed by atoms with Gasteiger partial charge in [0.05, 0.1) is 0 Å². The Bertz CT molecular complexity index is 486. The van der Waals surface area contributed by atoms with E-state index >= 15 is 0 Å². The molecular formula is C14H23N5O. The molecule has 1 saturated carbocycles. The van der Waals surface area contributed by atoms with Crippen LogP contribution in [0.1, 0.15) is 35.8 Å². The van der Waals surface area contributed by atoms with Gasteiger partial charge >= 0.3 is 0 Å². The Morgan fingerprint density at radius 3 is 2.85 bits per heavy atom. The van der Waals surface area contributed by atoms with Crippen molar-refractivity contribution in [1.82, 2.24) is 15.2 Å². The summed E-state index contributed by atoms with van der Waals surface area (Å²) in [7, 11) is 2.11. The van der Waals surface area contributed by atoms with Crippen LogP contribution >= 0.6 is 0 Å². The number of nitrogen functional groups attached to an aromatic ring is 1. The van der Waals surface area contributed by atoms with Gasteiger partial charge in [-0.05, 0) is 45.9 Å². The predicted molar refractivity (Wildman–Crippen MR) is 79.4 cm³/mol. The van der Waals surface area contributed by atoms with Crippen molar-refractivity contribution in [2.45, 2.75) is 38.8 Å². The number of anilines is 1. The number of amides is 1. The molecule has 1 aliphatic rings. The van der Waals surface area contributed by atoms with E-state index in [1.54, 1.807) is 12.1 Å². The number of likely N-dealkylation sites (N-methyl/N-ethyl adjacent to an activating group) is 1. The number of aromatic nitrogens is 1. The van der Waals surface area contributed by atoms with Crippen molar-refractivity contribution in [2.24, 2.45) is 5.84 Å². The van der Waals surface area contributed by atoms with Crippen LogP contribution in [0.25, 0.3) is 0 Å². The fourth-order valence-corrected chi connectivity index (χ4v) is 2.20. The molecule has 1 aromatic rings. The van der Waals surface area contributed by atoms with E-state index in [1.165, 1.54) is 12.8 Å². The lowest BCUT2D eigenvalue weighted by atomic mass is 10.2. The maximum absolute atomic E-state index is 12.2. The third-order valence-corrected chi connectivity index (χ3v) is 3.74. The lowest BCUT2D eigenvalue weighted by Gasteiger charge is -2.24. The first-order valence-electron chi connectivity index (χ1n) is 6.96. The van der Waals surface area contributed by atoms with Gasteiger partial charge in [-0.1, -0.05) is 0 Å². The molecular weight excluding hydrogens is 254 g/mol. The minimum absolute atomic E-state index is 0.0944. The smallest absolute Gasteiger partial charge is 0.251 e. The fraction of sp³-hybridized carbons (Fsp3) is 0.571. The highest BCUT2D eigenvalue weighted by Crippen LogP contribution is 2.26. The topological polar surface area (TPSA) is 83.3 Å². The van der Waals surface area contributed by atoms with E-state index < -0.39 is 0 Å². The zero-order valence-electron chi connectivity index (χ0n) is 12.3. The van der Waals surface area contributed by atoms with Gasteiger partial charge in [0.15, 0.2) is 0 Å². The lowest BCUT2D eigenvalue weighted by molar-refractivity contribution is 0.0939. The van der Waals surface area contributed by atoms with Gasteiger partial charge in [-0.2, -0.15) is 0 Å². The van der Waals surface area contributed by atoms with Crippen molar-refractivity contribution in [1.29, 1.82) is 0 Å². The summed E-state index contributed by atoms with van der Waals surface area (Å²) in [6, 6.07) is 4.43. The zero-order valence-corrected chi connectivity index (χ0v) is 12.3. The highest BCUT2D eigenvalue weighted by Gasteiger charge is 2.29. The highest BCUT2D eigenvalue weighted by atomic mass is 16.1. The number of carbonyl (C=O) groups is 1. The first-order chi connectivity index (χ1) is 9.51. The molecule has 6 nitrogen and oxygen atoms in total. The number of nitrogens with two attached hydrogens (primary N) is 1. The normalized spacial score (nSPS) is 16.1. The number of carbonyl (C=O) groups excluding carboxylic acids is 1. The molecule has 1 aliphatic carbocycles. The molecule has 0 bridgehead atoms. The summed E-state index contributed by atoms with van der Waals surface area (Å²) in [4.78, 5) is 18.6. The molecule has 1 aromatic heterocycles. The van der Waals surface area contributed by atoms with Crippen molar-refractivity contribution in [3.8, 4) is 0 Å². The first-order valence-corrected chi connectivity index (χ1v) is 6.96. The number of hydrazine groups is 1. The molecule has 0 aromatic carbocycles. The molecule has 20 heavy (non-hydrogen) atoms. The Kier molecular flexibility index (Phi) is 4.57. The number of aryl methyl sites for hydroxylation is 1. The van der Waals surface area contributed by atoms with Gasteiger partial charge in [0, 0.05) is 29.9 Å². The van der Waals surface area contributed by atoms with Gasteiger partial charge in [0.2, 0.25) is 0 Å². The second-order valence-electron chi connectivity index (χ2n) is 5.48. The monoisotopic (exact) mass is 277 g/mol. The Labute approximate surface area is 119 Å². The molecule has 2 rings (SSSR count). The Morgan fingerprint density at radius 2 is 2.25 bits per heavy atom. The number of hydrogen-bond acceptors (Lipinski definition) is 5. The summed E-state index contributed by atoms with van der Waals surface area (Å²) in [5.74, 6) is 5.74. The fourth-order valence-electron chi connectivity index (χ4n) is 2.20. The van der Waals surface area contributed by atoms with Crippen LogP contribution < -0.4 is 16.6 Å². The zero-order chi connectivity index (χ0) is 14.7. The van der Waals surface area contributed by atoms with E-state index in [1.807, 2.05) is 6.92 Å². The average molecular weight is 277 g/mol. The summed E-state index contributed by atoms with van der Waals surface area (Å²) >= 11 is 0. The summed E-state index contributed by atoms with van der Waals surface area (Å²) < 4.78 is 0. The van der Waals surface area contributed by atoms with Crippen molar-refractivity contribution in [3.63, 3.8) is 0 Å². The van der Waals surface area contributed by atoms with Crippen molar-refractivity contribution < 1.29 is 4.79 Å². The summed E-state index contributed by atoms with van der Waals surface area (Å²) in [6.07, 6.45) is 2.54. The number of pyridine rings is 1. The van der Waals surface area contributed by atoms with E-state index in [9.17, 15) is 4.79 Å². The van der Waals surface area contributed by atoms with Gasteiger partial charge in [0.25, 0.3) is 5.91 Å². The molecule has 0 aliphatic heterocycles. The van der Waals surface area contributed by atoms with E-state index in [4.69, 9.17) is 5.84 Å². The van der Waals surface area contributed by atoms with Crippen LogP contribution in [0.4, 0.5) is 5.82 Å². The van der Waals surface area contributed by atoms with Crippen molar-refractivity contribution >= 4 is 11.7 Å².